The van der Waals surface area contributed by atoms with Gasteiger partial charge in [-0.3, -0.25) is 0 Å². The Labute approximate surface area is 115 Å². The standard InChI is InChI=1S/C14H24FN3O/c1-5-11(2)18(6-7-19-4)14-12(9-16-3)8-13(15)10-17-14/h8,10-11,16H,5-7,9H2,1-4H3. The van der Waals surface area contributed by atoms with Gasteiger partial charge >= 0.3 is 0 Å². The molecule has 1 unspecified atom stereocenters. The predicted molar refractivity (Wildman–Crippen MR) is 75.9 cm³/mol. The Morgan fingerprint density at radius 1 is 1.53 bits per heavy atom. The van der Waals surface area contributed by atoms with E-state index in [0.29, 0.717) is 19.2 Å². The van der Waals surface area contributed by atoms with E-state index in [2.05, 4.69) is 29.0 Å². The van der Waals surface area contributed by atoms with Crippen LogP contribution < -0.4 is 10.2 Å². The summed E-state index contributed by atoms with van der Waals surface area (Å²) in [7, 11) is 3.53. The first-order valence-electron chi connectivity index (χ1n) is 6.68. The number of aromatic nitrogens is 1. The van der Waals surface area contributed by atoms with Crippen LogP contribution >= 0.6 is 0 Å². The van der Waals surface area contributed by atoms with Crippen molar-refractivity contribution >= 4 is 5.82 Å². The largest absolute Gasteiger partial charge is 0.383 e. The van der Waals surface area contributed by atoms with Crippen LogP contribution in [0.5, 0.6) is 0 Å². The molecule has 1 rings (SSSR count). The van der Waals surface area contributed by atoms with Crippen molar-refractivity contribution in [1.82, 2.24) is 10.3 Å². The number of anilines is 1. The monoisotopic (exact) mass is 269 g/mol. The second-order valence-corrected chi connectivity index (χ2v) is 4.61. The van der Waals surface area contributed by atoms with Gasteiger partial charge in [0.15, 0.2) is 0 Å². The molecular weight excluding hydrogens is 245 g/mol. The van der Waals surface area contributed by atoms with Gasteiger partial charge in [-0.1, -0.05) is 6.92 Å². The Hall–Kier alpha value is -1.20. The maximum Gasteiger partial charge on any atom is 0.141 e. The molecule has 4 nitrogen and oxygen atoms in total. The molecule has 0 radical (unpaired) electrons. The zero-order chi connectivity index (χ0) is 14.3. The molecule has 0 aromatic carbocycles. The summed E-state index contributed by atoms with van der Waals surface area (Å²) in [5.41, 5.74) is 0.874. The van der Waals surface area contributed by atoms with Gasteiger partial charge in [-0.05, 0) is 26.5 Å². The summed E-state index contributed by atoms with van der Waals surface area (Å²) >= 11 is 0. The highest BCUT2D eigenvalue weighted by molar-refractivity contribution is 5.47. The van der Waals surface area contributed by atoms with Gasteiger partial charge in [0.05, 0.1) is 12.8 Å². The Morgan fingerprint density at radius 3 is 2.84 bits per heavy atom. The van der Waals surface area contributed by atoms with Crippen LogP contribution in [0.2, 0.25) is 0 Å². The summed E-state index contributed by atoms with van der Waals surface area (Å²) < 4.78 is 18.5. The molecule has 108 valence electrons. The first-order chi connectivity index (χ1) is 9.13. The molecule has 0 saturated carbocycles. The molecule has 1 aromatic rings. The SMILES string of the molecule is CCC(C)N(CCOC)c1ncc(F)cc1CNC. The molecule has 0 aliphatic rings. The van der Waals surface area contributed by atoms with Gasteiger partial charge in [0.25, 0.3) is 0 Å². The van der Waals surface area contributed by atoms with Gasteiger partial charge in [0.1, 0.15) is 11.6 Å². The van der Waals surface area contributed by atoms with Crippen LogP contribution in [-0.4, -0.2) is 38.3 Å². The van der Waals surface area contributed by atoms with Crippen molar-refractivity contribution in [2.75, 3.05) is 32.2 Å². The highest BCUT2D eigenvalue weighted by atomic mass is 19.1. The number of hydrogen-bond donors (Lipinski definition) is 1. The molecule has 0 saturated heterocycles. The molecule has 0 amide bonds. The number of nitrogens with zero attached hydrogens (tertiary/aromatic N) is 2. The fraction of sp³-hybridized carbons (Fsp3) is 0.643. The minimum Gasteiger partial charge on any atom is -0.383 e. The Balaban J connectivity index is 3.05. The summed E-state index contributed by atoms with van der Waals surface area (Å²) in [5, 5.41) is 3.05. The molecule has 1 heterocycles. The number of nitrogens with one attached hydrogen (secondary N) is 1. The van der Waals surface area contributed by atoms with Crippen LogP contribution in [0, 0.1) is 5.82 Å². The van der Waals surface area contributed by atoms with E-state index < -0.39 is 0 Å². The smallest absolute Gasteiger partial charge is 0.141 e. The summed E-state index contributed by atoms with van der Waals surface area (Å²) in [6.45, 7) is 6.25. The van der Waals surface area contributed by atoms with Crippen molar-refractivity contribution in [2.24, 2.45) is 0 Å². The average molecular weight is 269 g/mol. The lowest BCUT2D eigenvalue weighted by molar-refractivity contribution is 0.203. The minimum absolute atomic E-state index is 0.301. The first kappa shape index (κ1) is 15.9. The zero-order valence-electron chi connectivity index (χ0n) is 12.2. The number of ether oxygens (including phenoxy) is 1. The Bertz CT molecular complexity index is 387. The van der Waals surface area contributed by atoms with E-state index in [1.807, 2.05) is 7.05 Å². The fourth-order valence-corrected chi connectivity index (χ4v) is 2.00. The van der Waals surface area contributed by atoms with Gasteiger partial charge in [0.2, 0.25) is 0 Å². The Morgan fingerprint density at radius 2 is 2.26 bits per heavy atom. The highest BCUT2D eigenvalue weighted by Gasteiger charge is 2.18. The number of hydrogen-bond acceptors (Lipinski definition) is 4. The van der Waals surface area contributed by atoms with Crippen LogP contribution in [0.25, 0.3) is 0 Å². The maximum absolute atomic E-state index is 13.3. The van der Waals surface area contributed by atoms with Gasteiger partial charge < -0.3 is 15.0 Å². The third-order valence-electron chi connectivity index (χ3n) is 3.21. The molecule has 1 aromatic heterocycles. The molecule has 0 fully saturated rings. The van der Waals surface area contributed by atoms with E-state index in [0.717, 1.165) is 24.3 Å². The average Bonchev–Trinajstić information content (AvgIpc) is 2.41. The van der Waals surface area contributed by atoms with Crippen LogP contribution in [0.15, 0.2) is 12.3 Å². The normalized spacial score (nSPS) is 12.5. The van der Waals surface area contributed by atoms with Gasteiger partial charge in [-0.25, -0.2) is 9.37 Å². The summed E-state index contributed by atoms with van der Waals surface area (Å²) in [6.07, 6.45) is 2.28. The minimum atomic E-state index is -0.301. The topological polar surface area (TPSA) is 37.4 Å². The highest BCUT2D eigenvalue weighted by Crippen LogP contribution is 2.21. The second-order valence-electron chi connectivity index (χ2n) is 4.61. The van der Waals surface area contributed by atoms with E-state index in [1.54, 1.807) is 13.2 Å². The molecular formula is C14H24FN3O. The third-order valence-corrected chi connectivity index (χ3v) is 3.21. The van der Waals surface area contributed by atoms with E-state index in [4.69, 9.17) is 4.74 Å². The first-order valence-corrected chi connectivity index (χ1v) is 6.68. The molecule has 1 N–H and O–H groups in total. The van der Waals surface area contributed by atoms with Crippen molar-refractivity contribution in [1.29, 1.82) is 0 Å². The summed E-state index contributed by atoms with van der Waals surface area (Å²) in [6, 6.07) is 1.88. The molecule has 19 heavy (non-hydrogen) atoms. The van der Waals surface area contributed by atoms with E-state index >= 15 is 0 Å². The van der Waals surface area contributed by atoms with E-state index in [1.165, 1.54) is 6.20 Å². The molecule has 1 atom stereocenters. The van der Waals surface area contributed by atoms with E-state index in [-0.39, 0.29) is 5.82 Å². The lowest BCUT2D eigenvalue weighted by atomic mass is 10.1. The number of rotatable bonds is 8. The van der Waals surface area contributed by atoms with Crippen LogP contribution in [0.4, 0.5) is 10.2 Å². The molecule has 0 bridgehead atoms. The summed E-state index contributed by atoms with van der Waals surface area (Å²) in [4.78, 5) is 6.45. The van der Waals surface area contributed by atoms with Crippen LogP contribution in [0.3, 0.4) is 0 Å². The van der Waals surface area contributed by atoms with E-state index in [9.17, 15) is 4.39 Å². The van der Waals surface area contributed by atoms with Gasteiger partial charge in [0, 0.05) is 31.8 Å². The molecule has 0 spiro atoms. The molecule has 5 heteroatoms. The predicted octanol–water partition coefficient (Wildman–Crippen LogP) is 2.19. The zero-order valence-corrected chi connectivity index (χ0v) is 12.2. The van der Waals surface area contributed by atoms with Crippen molar-refractivity contribution < 1.29 is 9.13 Å². The van der Waals surface area contributed by atoms with Crippen molar-refractivity contribution in [3.8, 4) is 0 Å². The third kappa shape index (κ3) is 4.44. The van der Waals surface area contributed by atoms with Gasteiger partial charge in [-0.15, -0.1) is 0 Å². The van der Waals surface area contributed by atoms with Crippen LogP contribution in [-0.2, 0) is 11.3 Å². The van der Waals surface area contributed by atoms with Crippen molar-refractivity contribution in [3.63, 3.8) is 0 Å². The van der Waals surface area contributed by atoms with Crippen LogP contribution in [0.1, 0.15) is 25.8 Å². The van der Waals surface area contributed by atoms with Gasteiger partial charge in [-0.2, -0.15) is 0 Å². The summed E-state index contributed by atoms with van der Waals surface area (Å²) in [5.74, 6) is 0.534. The number of methoxy groups -OCH3 is 1. The number of pyridine rings is 1. The fourth-order valence-electron chi connectivity index (χ4n) is 2.00. The van der Waals surface area contributed by atoms with Crippen molar-refractivity contribution in [2.45, 2.75) is 32.9 Å². The number of halogens is 1. The lowest BCUT2D eigenvalue weighted by Crippen LogP contribution is -2.37. The quantitative estimate of drug-likeness (QED) is 0.785. The lowest BCUT2D eigenvalue weighted by Gasteiger charge is -2.31. The molecule has 0 aliphatic heterocycles. The maximum atomic E-state index is 13.3. The Kier molecular flexibility index (Phi) is 6.73. The van der Waals surface area contributed by atoms with Crippen molar-refractivity contribution in [3.05, 3.63) is 23.6 Å². The second kappa shape index (κ2) is 8.07. The molecule has 0 aliphatic carbocycles.